The summed E-state index contributed by atoms with van der Waals surface area (Å²) in [6.07, 6.45) is 4.14. The number of ketones is 1. The average molecular weight is 349 g/mol. The monoisotopic (exact) mass is 349 g/mol. The molecule has 1 atom stereocenters. The van der Waals surface area contributed by atoms with E-state index in [-0.39, 0.29) is 18.3 Å². The molecule has 1 aliphatic carbocycles. The van der Waals surface area contributed by atoms with Crippen LogP contribution in [0.1, 0.15) is 56.8 Å². The molecule has 0 saturated heterocycles. The van der Waals surface area contributed by atoms with Gasteiger partial charge in [0.2, 0.25) is 0 Å². The van der Waals surface area contributed by atoms with Crippen molar-refractivity contribution in [2.45, 2.75) is 32.6 Å². The van der Waals surface area contributed by atoms with Gasteiger partial charge in [0.1, 0.15) is 5.56 Å². The highest BCUT2D eigenvalue weighted by Crippen LogP contribution is 2.33. The molecule has 2 aromatic heterocycles. The Kier molecular flexibility index (Phi) is 4.03. The quantitative estimate of drug-likeness (QED) is 0.679. The molecule has 0 N–H and O–H groups in total. The molecule has 0 saturated carbocycles. The number of carbonyl (C=O) groups is 2. The molecular weight excluding hydrogens is 330 g/mol. The number of fused-ring (bicyclic) bond motifs is 3. The first-order valence-corrected chi connectivity index (χ1v) is 8.71. The Morgan fingerprint density at radius 3 is 2.73 bits per heavy atom. The highest BCUT2D eigenvalue weighted by molar-refractivity contribution is 6.00. The van der Waals surface area contributed by atoms with Crippen LogP contribution in [0.3, 0.4) is 0 Å². The molecular formula is C20H19N3O3. The first kappa shape index (κ1) is 16.4. The van der Waals surface area contributed by atoms with Crippen molar-refractivity contribution >= 4 is 17.4 Å². The Morgan fingerprint density at radius 2 is 2.00 bits per heavy atom. The second-order valence-electron chi connectivity index (χ2n) is 6.57. The molecule has 1 aliphatic rings. The van der Waals surface area contributed by atoms with Crippen LogP contribution in [0.25, 0.3) is 5.65 Å². The minimum Gasteiger partial charge on any atom is -0.462 e. The van der Waals surface area contributed by atoms with E-state index < -0.39 is 5.97 Å². The van der Waals surface area contributed by atoms with E-state index in [4.69, 9.17) is 4.74 Å². The molecule has 132 valence electrons. The van der Waals surface area contributed by atoms with E-state index in [2.05, 4.69) is 34.3 Å². The molecule has 26 heavy (non-hydrogen) atoms. The van der Waals surface area contributed by atoms with Crippen molar-refractivity contribution < 1.29 is 14.3 Å². The van der Waals surface area contributed by atoms with Crippen LogP contribution in [0.15, 0.2) is 36.7 Å². The number of hydrogen-bond acceptors (Lipinski definition) is 5. The number of ether oxygens (including phenoxy) is 1. The van der Waals surface area contributed by atoms with Gasteiger partial charge < -0.3 is 4.74 Å². The average Bonchev–Trinajstić information content (AvgIpc) is 3.07. The molecule has 0 amide bonds. The van der Waals surface area contributed by atoms with Gasteiger partial charge in [-0.2, -0.15) is 5.10 Å². The Labute approximate surface area is 150 Å². The Balaban J connectivity index is 1.78. The fraction of sp³-hybridized carbons (Fsp3) is 0.300. The molecule has 2 heterocycles. The molecule has 0 aliphatic heterocycles. The number of carbonyl (C=O) groups excluding carboxylic acids is 2. The topological polar surface area (TPSA) is 73.6 Å². The van der Waals surface area contributed by atoms with Crippen LogP contribution in [-0.4, -0.2) is 33.0 Å². The second kappa shape index (κ2) is 6.37. The lowest BCUT2D eigenvalue weighted by atomic mass is 9.82. The smallest absolute Gasteiger partial charge is 0.343 e. The number of hydrogen-bond donors (Lipinski definition) is 0. The van der Waals surface area contributed by atoms with Gasteiger partial charge in [-0.05, 0) is 31.7 Å². The number of esters is 1. The molecule has 0 fully saturated rings. The van der Waals surface area contributed by atoms with Gasteiger partial charge in [0.25, 0.3) is 0 Å². The van der Waals surface area contributed by atoms with E-state index in [0.29, 0.717) is 29.6 Å². The van der Waals surface area contributed by atoms with E-state index in [1.165, 1.54) is 11.8 Å². The number of Topliss-reactive ketones (excluding diaryl/α,β-unsaturated/α-hetero) is 1. The van der Waals surface area contributed by atoms with E-state index in [1.54, 1.807) is 17.6 Å². The van der Waals surface area contributed by atoms with Crippen LogP contribution in [0, 0.1) is 6.92 Å². The number of aryl methyl sites for hydroxylation is 1. The van der Waals surface area contributed by atoms with Gasteiger partial charge in [0, 0.05) is 12.6 Å². The lowest BCUT2D eigenvalue weighted by Gasteiger charge is -2.24. The number of benzene rings is 1. The molecule has 6 nitrogen and oxygen atoms in total. The maximum absolute atomic E-state index is 12.7. The maximum atomic E-state index is 12.7. The van der Waals surface area contributed by atoms with Crippen molar-refractivity contribution in [3.63, 3.8) is 0 Å². The first-order valence-electron chi connectivity index (χ1n) is 8.71. The highest BCUT2D eigenvalue weighted by atomic mass is 16.5. The fourth-order valence-corrected chi connectivity index (χ4v) is 3.47. The summed E-state index contributed by atoms with van der Waals surface area (Å²) in [5, 5.41) is 4.31. The summed E-state index contributed by atoms with van der Waals surface area (Å²) in [5.41, 5.74) is 4.46. The largest absolute Gasteiger partial charge is 0.462 e. The van der Waals surface area contributed by atoms with Gasteiger partial charge in [0.05, 0.1) is 24.1 Å². The van der Waals surface area contributed by atoms with Crippen molar-refractivity contribution in [3.05, 3.63) is 64.6 Å². The summed E-state index contributed by atoms with van der Waals surface area (Å²) in [5.74, 6) is -0.303. The third-order valence-corrected chi connectivity index (χ3v) is 4.84. The third-order valence-electron chi connectivity index (χ3n) is 4.84. The maximum Gasteiger partial charge on any atom is 0.343 e. The van der Waals surface area contributed by atoms with Crippen LogP contribution in [0.5, 0.6) is 0 Å². The number of rotatable bonds is 3. The normalized spacial score (nSPS) is 16.5. The van der Waals surface area contributed by atoms with Gasteiger partial charge in [-0.15, -0.1) is 0 Å². The van der Waals surface area contributed by atoms with E-state index in [0.717, 1.165) is 11.3 Å². The standard InChI is InChI=1S/C20H19N3O3/c1-3-26-20(25)16-11-22-23-17-8-14(13-6-4-12(2)5-7-13)9-18(24)15(17)10-21-19(16)23/h4-7,10-11,14H,3,8-9H2,1-2H3. The van der Waals surface area contributed by atoms with Crippen molar-refractivity contribution in [2.75, 3.05) is 6.61 Å². The summed E-state index contributed by atoms with van der Waals surface area (Å²) in [6, 6.07) is 8.27. The van der Waals surface area contributed by atoms with E-state index >= 15 is 0 Å². The Hall–Kier alpha value is -3.02. The van der Waals surface area contributed by atoms with Gasteiger partial charge >= 0.3 is 5.97 Å². The van der Waals surface area contributed by atoms with Crippen LogP contribution in [0.4, 0.5) is 0 Å². The zero-order chi connectivity index (χ0) is 18.3. The predicted octanol–water partition coefficient (Wildman–Crippen LogP) is 3.13. The summed E-state index contributed by atoms with van der Waals surface area (Å²) in [6.45, 7) is 4.08. The summed E-state index contributed by atoms with van der Waals surface area (Å²) < 4.78 is 6.67. The molecule has 6 heteroatoms. The van der Waals surface area contributed by atoms with Crippen molar-refractivity contribution in [1.29, 1.82) is 0 Å². The number of nitrogens with zero attached hydrogens (tertiary/aromatic N) is 3. The molecule has 4 rings (SSSR count). The fourth-order valence-electron chi connectivity index (χ4n) is 3.47. The molecule has 3 aromatic rings. The van der Waals surface area contributed by atoms with E-state index in [9.17, 15) is 9.59 Å². The van der Waals surface area contributed by atoms with Crippen LogP contribution < -0.4 is 0 Å². The van der Waals surface area contributed by atoms with Crippen LogP contribution in [0.2, 0.25) is 0 Å². The van der Waals surface area contributed by atoms with Crippen molar-refractivity contribution in [2.24, 2.45) is 0 Å². The van der Waals surface area contributed by atoms with E-state index in [1.807, 2.05) is 6.92 Å². The zero-order valence-corrected chi connectivity index (χ0v) is 14.7. The molecule has 0 spiro atoms. The minimum absolute atomic E-state index is 0.0550. The number of aromatic nitrogens is 3. The lowest BCUT2D eigenvalue weighted by molar-refractivity contribution is 0.0528. The van der Waals surface area contributed by atoms with Gasteiger partial charge in [-0.1, -0.05) is 29.8 Å². The van der Waals surface area contributed by atoms with Crippen molar-refractivity contribution in [1.82, 2.24) is 14.6 Å². The first-order chi connectivity index (χ1) is 12.6. The summed E-state index contributed by atoms with van der Waals surface area (Å²) in [7, 11) is 0. The SMILES string of the molecule is CCOC(=O)c1cnn2c3c(cnc12)C(=O)CC(c1ccc(C)cc1)C3. The zero-order valence-electron chi connectivity index (χ0n) is 14.7. The van der Waals surface area contributed by atoms with Gasteiger partial charge in [-0.3, -0.25) is 4.79 Å². The van der Waals surface area contributed by atoms with Crippen LogP contribution in [-0.2, 0) is 11.2 Å². The summed E-state index contributed by atoms with van der Waals surface area (Å²) >= 11 is 0. The molecule has 1 unspecified atom stereocenters. The Morgan fingerprint density at radius 1 is 1.23 bits per heavy atom. The molecule has 1 aromatic carbocycles. The van der Waals surface area contributed by atoms with Gasteiger partial charge in [0.15, 0.2) is 11.4 Å². The second-order valence-corrected chi connectivity index (χ2v) is 6.57. The Bertz CT molecular complexity index is 1010. The highest BCUT2D eigenvalue weighted by Gasteiger charge is 2.30. The molecule has 0 radical (unpaired) electrons. The van der Waals surface area contributed by atoms with Gasteiger partial charge in [-0.25, -0.2) is 14.3 Å². The van der Waals surface area contributed by atoms with Crippen molar-refractivity contribution in [3.8, 4) is 0 Å². The lowest BCUT2D eigenvalue weighted by Crippen LogP contribution is -2.22. The predicted molar refractivity (Wildman–Crippen MR) is 95.5 cm³/mol. The third kappa shape index (κ3) is 2.67. The molecule has 0 bridgehead atoms. The van der Waals surface area contributed by atoms with Crippen LogP contribution >= 0.6 is 0 Å². The summed E-state index contributed by atoms with van der Waals surface area (Å²) in [4.78, 5) is 29.0. The minimum atomic E-state index is -0.452.